The van der Waals surface area contributed by atoms with Gasteiger partial charge in [0.05, 0.1) is 12.8 Å². The lowest BCUT2D eigenvalue weighted by atomic mass is 9.88. The summed E-state index contributed by atoms with van der Waals surface area (Å²) < 4.78 is 11.8. The number of methoxy groups -OCH3 is 1. The molecule has 23 heavy (non-hydrogen) atoms. The van der Waals surface area contributed by atoms with Crippen LogP contribution in [0, 0.1) is 5.41 Å². The van der Waals surface area contributed by atoms with Gasteiger partial charge < -0.3 is 14.0 Å². The second-order valence-corrected chi connectivity index (χ2v) is 7.84. The van der Waals surface area contributed by atoms with E-state index in [0.717, 1.165) is 5.56 Å². The van der Waals surface area contributed by atoms with Crippen LogP contribution in [0.4, 0.5) is 10.5 Å². The Bertz CT molecular complexity index is 589. The van der Waals surface area contributed by atoms with Crippen LogP contribution in [-0.2, 0) is 22.9 Å². The fourth-order valence-corrected chi connectivity index (χ4v) is 2.28. The molecule has 1 amide bonds. The third-order valence-electron chi connectivity index (χ3n) is 2.99. The lowest BCUT2D eigenvalue weighted by Crippen LogP contribution is -2.28. The minimum absolute atomic E-state index is 0.000888. The number of esters is 1. The molecule has 0 aromatic carbocycles. The number of rotatable bonds is 3. The summed E-state index contributed by atoms with van der Waals surface area (Å²) in [6.07, 6.45) is 1.94. The molecule has 0 bridgehead atoms. The maximum absolute atomic E-state index is 12.1. The summed E-state index contributed by atoms with van der Waals surface area (Å²) in [6.45, 7) is 11.6. The largest absolute Gasteiger partial charge is 0.464 e. The molecule has 0 aliphatic heterocycles. The van der Waals surface area contributed by atoms with Crippen LogP contribution in [0.25, 0.3) is 0 Å². The molecule has 0 aliphatic carbocycles. The van der Waals surface area contributed by atoms with E-state index in [1.807, 2.05) is 6.20 Å². The van der Waals surface area contributed by atoms with Gasteiger partial charge in [-0.25, -0.2) is 9.59 Å². The van der Waals surface area contributed by atoms with Crippen LogP contribution in [0.3, 0.4) is 0 Å². The van der Waals surface area contributed by atoms with Crippen LogP contribution >= 0.6 is 0 Å². The van der Waals surface area contributed by atoms with E-state index in [9.17, 15) is 9.59 Å². The first-order valence-corrected chi connectivity index (χ1v) is 7.60. The highest BCUT2D eigenvalue weighted by molar-refractivity contribution is 5.99. The van der Waals surface area contributed by atoms with Gasteiger partial charge in [0.1, 0.15) is 5.60 Å². The summed E-state index contributed by atoms with van der Waals surface area (Å²) in [4.78, 5) is 24.2. The van der Waals surface area contributed by atoms with Gasteiger partial charge in [0.15, 0.2) is 5.69 Å². The van der Waals surface area contributed by atoms with Crippen molar-refractivity contribution in [3.63, 3.8) is 0 Å². The van der Waals surface area contributed by atoms with Crippen molar-refractivity contribution in [2.24, 2.45) is 12.5 Å². The Balaban J connectivity index is 3.24. The number of carbonyl (C=O) groups excluding carboxylic acids is 2. The SMILES string of the molecule is COC(=O)c1c(NC(=O)OC(C)(C)C)c(CC(C)(C)C)cn1C. The van der Waals surface area contributed by atoms with Gasteiger partial charge in [-0.1, -0.05) is 20.8 Å². The lowest BCUT2D eigenvalue weighted by Gasteiger charge is -2.21. The predicted molar refractivity (Wildman–Crippen MR) is 89.8 cm³/mol. The Morgan fingerprint density at radius 3 is 2.17 bits per heavy atom. The molecule has 0 spiro atoms. The number of hydrogen-bond acceptors (Lipinski definition) is 4. The molecule has 0 saturated carbocycles. The Hall–Kier alpha value is -1.98. The lowest BCUT2D eigenvalue weighted by molar-refractivity contribution is 0.0591. The second kappa shape index (κ2) is 6.64. The molecule has 0 atom stereocenters. The molecule has 0 aliphatic rings. The summed E-state index contributed by atoms with van der Waals surface area (Å²) in [7, 11) is 3.06. The van der Waals surface area contributed by atoms with Crippen molar-refractivity contribution in [3.8, 4) is 0 Å². The molecule has 6 nitrogen and oxygen atoms in total. The smallest absolute Gasteiger partial charge is 0.412 e. The minimum atomic E-state index is -0.617. The molecule has 1 aromatic rings. The standard InChI is InChI=1S/C17H28N2O4/c1-16(2,3)9-11-10-19(7)13(14(20)22-8)12(11)18-15(21)23-17(4,5)6/h10H,9H2,1-8H3,(H,18,21). The van der Waals surface area contributed by atoms with Crippen LogP contribution in [-0.4, -0.2) is 29.3 Å². The van der Waals surface area contributed by atoms with Gasteiger partial charge in [-0.2, -0.15) is 0 Å². The summed E-state index contributed by atoms with van der Waals surface area (Å²) >= 11 is 0. The first kappa shape index (κ1) is 19.1. The van der Waals surface area contributed by atoms with E-state index in [1.165, 1.54) is 7.11 Å². The van der Waals surface area contributed by atoms with Gasteiger partial charge in [0.2, 0.25) is 0 Å². The van der Waals surface area contributed by atoms with E-state index in [0.29, 0.717) is 17.8 Å². The first-order chi connectivity index (χ1) is 10.3. The number of ether oxygens (including phenoxy) is 2. The molecular weight excluding hydrogens is 296 g/mol. The van der Waals surface area contributed by atoms with Crippen molar-refractivity contribution >= 4 is 17.7 Å². The third-order valence-corrected chi connectivity index (χ3v) is 2.99. The molecular formula is C17H28N2O4. The molecule has 0 fully saturated rings. The number of nitrogens with one attached hydrogen (secondary N) is 1. The number of amides is 1. The Morgan fingerprint density at radius 2 is 1.74 bits per heavy atom. The Morgan fingerprint density at radius 1 is 1.17 bits per heavy atom. The topological polar surface area (TPSA) is 69.6 Å². The molecule has 1 aromatic heterocycles. The fourth-order valence-electron chi connectivity index (χ4n) is 2.28. The Kier molecular flexibility index (Phi) is 5.51. The van der Waals surface area contributed by atoms with Gasteiger partial charge >= 0.3 is 12.1 Å². The average Bonchev–Trinajstić information content (AvgIpc) is 2.60. The van der Waals surface area contributed by atoms with E-state index in [-0.39, 0.29) is 5.41 Å². The normalized spacial score (nSPS) is 12.0. The fraction of sp³-hybridized carbons (Fsp3) is 0.647. The van der Waals surface area contributed by atoms with Gasteiger partial charge in [0, 0.05) is 13.2 Å². The van der Waals surface area contributed by atoms with Crippen molar-refractivity contribution in [1.82, 2.24) is 4.57 Å². The van der Waals surface area contributed by atoms with E-state index in [2.05, 4.69) is 26.1 Å². The molecule has 0 radical (unpaired) electrons. The summed E-state index contributed by atoms with van der Waals surface area (Å²) in [5, 5.41) is 2.71. The highest BCUT2D eigenvalue weighted by atomic mass is 16.6. The molecule has 130 valence electrons. The van der Waals surface area contributed by atoms with Gasteiger partial charge in [-0.3, -0.25) is 5.32 Å². The van der Waals surface area contributed by atoms with E-state index in [1.54, 1.807) is 32.4 Å². The highest BCUT2D eigenvalue weighted by Crippen LogP contribution is 2.31. The molecule has 1 rings (SSSR count). The highest BCUT2D eigenvalue weighted by Gasteiger charge is 2.26. The number of carbonyl (C=O) groups is 2. The zero-order valence-electron chi connectivity index (χ0n) is 15.4. The van der Waals surface area contributed by atoms with Crippen molar-refractivity contribution in [2.75, 3.05) is 12.4 Å². The zero-order chi connectivity index (χ0) is 18.0. The predicted octanol–water partition coefficient (Wildman–Crippen LogP) is 3.75. The number of aryl methyl sites for hydroxylation is 1. The Labute approximate surface area is 138 Å². The molecule has 0 unspecified atom stereocenters. The van der Waals surface area contributed by atoms with Crippen molar-refractivity contribution in [1.29, 1.82) is 0 Å². The molecule has 0 saturated heterocycles. The number of anilines is 1. The monoisotopic (exact) mass is 324 g/mol. The first-order valence-electron chi connectivity index (χ1n) is 7.60. The molecule has 6 heteroatoms. The van der Waals surface area contributed by atoms with Crippen LogP contribution in [0.2, 0.25) is 0 Å². The van der Waals surface area contributed by atoms with Crippen LogP contribution < -0.4 is 5.32 Å². The van der Waals surface area contributed by atoms with Crippen molar-refractivity contribution < 1.29 is 19.1 Å². The van der Waals surface area contributed by atoms with E-state index in [4.69, 9.17) is 9.47 Å². The van der Waals surface area contributed by atoms with E-state index < -0.39 is 17.7 Å². The second-order valence-electron chi connectivity index (χ2n) is 7.84. The maximum Gasteiger partial charge on any atom is 0.412 e. The number of nitrogens with zero attached hydrogens (tertiary/aromatic N) is 1. The zero-order valence-corrected chi connectivity index (χ0v) is 15.4. The maximum atomic E-state index is 12.1. The molecule has 1 N–H and O–H groups in total. The van der Waals surface area contributed by atoms with Crippen LogP contribution in [0.5, 0.6) is 0 Å². The van der Waals surface area contributed by atoms with E-state index >= 15 is 0 Å². The van der Waals surface area contributed by atoms with Gasteiger partial charge in [-0.15, -0.1) is 0 Å². The van der Waals surface area contributed by atoms with Crippen molar-refractivity contribution in [2.45, 2.75) is 53.6 Å². The minimum Gasteiger partial charge on any atom is -0.464 e. The average molecular weight is 324 g/mol. The van der Waals surface area contributed by atoms with Crippen LogP contribution in [0.1, 0.15) is 57.6 Å². The number of aromatic nitrogens is 1. The van der Waals surface area contributed by atoms with Crippen LogP contribution in [0.15, 0.2) is 6.20 Å². The van der Waals surface area contributed by atoms with Gasteiger partial charge in [-0.05, 0) is 38.2 Å². The van der Waals surface area contributed by atoms with Crippen molar-refractivity contribution in [3.05, 3.63) is 17.5 Å². The quantitative estimate of drug-likeness (QED) is 0.860. The van der Waals surface area contributed by atoms with Gasteiger partial charge in [0.25, 0.3) is 0 Å². The number of hydrogen-bond donors (Lipinski definition) is 1. The molecule has 1 heterocycles. The third kappa shape index (κ3) is 5.62. The summed E-state index contributed by atoms with van der Waals surface area (Å²) in [6, 6.07) is 0. The summed E-state index contributed by atoms with van der Waals surface area (Å²) in [5.41, 5.74) is 1.00. The summed E-state index contributed by atoms with van der Waals surface area (Å²) in [5.74, 6) is -0.501.